The van der Waals surface area contributed by atoms with E-state index in [2.05, 4.69) is 9.72 Å². The number of aromatic nitrogens is 1. The van der Waals surface area contributed by atoms with Gasteiger partial charge in [0.25, 0.3) is 5.56 Å². The van der Waals surface area contributed by atoms with Crippen molar-refractivity contribution in [2.75, 3.05) is 6.61 Å². The van der Waals surface area contributed by atoms with Crippen molar-refractivity contribution >= 4 is 10.8 Å². The Balaban J connectivity index is 2.12. The smallest absolute Gasteiger partial charge is 0.422 e. The molecule has 2 aromatic carbocycles. The number of ether oxygens (including phenoxy) is 1. The lowest BCUT2D eigenvalue weighted by molar-refractivity contribution is -0.153. The maximum Gasteiger partial charge on any atom is 0.422 e. The molecule has 0 bridgehead atoms. The van der Waals surface area contributed by atoms with E-state index >= 15 is 0 Å². The fourth-order valence-corrected chi connectivity index (χ4v) is 2.60. The van der Waals surface area contributed by atoms with E-state index in [0.29, 0.717) is 16.5 Å². The van der Waals surface area contributed by atoms with Crippen molar-refractivity contribution in [2.24, 2.45) is 0 Å². The van der Waals surface area contributed by atoms with Crippen LogP contribution in [-0.4, -0.2) is 17.8 Å². The van der Waals surface area contributed by atoms with E-state index in [-0.39, 0.29) is 11.1 Å². The molecule has 1 N–H and O–H groups in total. The largest absolute Gasteiger partial charge is 0.484 e. The van der Waals surface area contributed by atoms with E-state index in [1.54, 1.807) is 13.0 Å². The Bertz CT molecular complexity index is 993. The summed E-state index contributed by atoms with van der Waals surface area (Å²) >= 11 is 0. The molecule has 7 heteroatoms. The summed E-state index contributed by atoms with van der Waals surface area (Å²) in [6.45, 7) is 0.353. The van der Waals surface area contributed by atoms with Gasteiger partial charge in [0.1, 0.15) is 11.6 Å². The number of pyridine rings is 1. The highest BCUT2D eigenvalue weighted by molar-refractivity contribution is 5.97. The van der Waals surface area contributed by atoms with Crippen molar-refractivity contribution in [3.63, 3.8) is 0 Å². The Kier molecular flexibility index (Phi) is 4.24. The molecule has 0 aliphatic rings. The third-order valence-electron chi connectivity index (χ3n) is 3.77. The summed E-state index contributed by atoms with van der Waals surface area (Å²) in [6, 6.07) is 8.38. The third-order valence-corrected chi connectivity index (χ3v) is 3.77. The second-order valence-corrected chi connectivity index (χ2v) is 5.60. The molecule has 3 rings (SSSR count). The van der Waals surface area contributed by atoms with Crippen LogP contribution < -0.4 is 10.3 Å². The zero-order chi connectivity index (χ0) is 18.2. The SMILES string of the molecule is Cc1ccc(F)cc1-c1c[nH]c(=O)c2cc(OCC(F)(F)F)ccc12. The first-order valence-electron chi connectivity index (χ1n) is 7.36. The molecule has 130 valence electrons. The average molecular weight is 351 g/mol. The zero-order valence-corrected chi connectivity index (χ0v) is 13.1. The van der Waals surface area contributed by atoms with Crippen molar-refractivity contribution in [2.45, 2.75) is 13.1 Å². The first kappa shape index (κ1) is 17.0. The Morgan fingerprint density at radius 1 is 1.04 bits per heavy atom. The van der Waals surface area contributed by atoms with Gasteiger partial charge in [0.15, 0.2) is 6.61 Å². The first-order valence-corrected chi connectivity index (χ1v) is 7.36. The highest BCUT2D eigenvalue weighted by Crippen LogP contribution is 2.31. The van der Waals surface area contributed by atoms with E-state index in [0.717, 1.165) is 5.56 Å². The first-order chi connectivity index (χ1) is 11.7. The van der Waals surface area contributed by atoms with E-state index in [1.807, 2.05) is 0 Å². The van der Waals surface area contributed by atoms with E-state index in [1.165, 1.54) is 36.5 Å². The number of fused-ring (bicyclic) bond motifs is 1. The predicted octanol–water partition coefficient (Wildman–Crippen LogP) is 4.58. The summed E-state index contributed by atoms with van der Waals surface area (Å²) in [5.41, 5.74) is 1.50. The molecule has 0 spiro atoms. The summed E-state index contributed by atoms with van der Waals surface area (Å²) in [5.74, 6) is -0.492. The van der Waals surface area contributed by atoms with Gasteiger partial charge >= 0.3 is 6.18 Å². The minimum atomic E-state index is -4.47. The number of aromatic amines is 1. The maximum absolute atomic E-state index is 13.6. The second kappa shape index (κ2) is 6.23. The topological polar surface area (TPSA) is 42.1 Å². The number of rotatable bonds is 3. The number of benzene rings is 2. The number of H-pyrrole nitrogens is 1. The lowest BCUT2D eigenvalue weighted by Gasteiger charge is -2.12. The van der Waals surface area contributed by atoms with Crippen LogP contribution in [0.2, 0.25) is 0 Å². The Morgan fingerprint density at radius 2 is 1.80 bits per heavy atom. The molecule has 0 saturated carbocycles. The number of aryl methyl sites for hydroxylation is 1. The van der Waals surface area contributed by atoms with Gasteiger partial charge in [-0.05, 0) is 53.8 Å². The molecule has 3 nitrogen and oxygen atoms in total. The molecular weight excluding hydrogens is 338 g/mol. The van der Waals surface area contributed by atoms with Crippen molar-refractivity contribution in [3.8, 4) is 16.9 Å². The van der Waals surface area contributed by atoms with Gasteiger partial charge in [-0.3, -0.25) is 4.79 Å². The molecule has 1 aromatic heterocycles. The number of nitrogens with one attached hydrogen (secondary N) is 1. The van der Waals surface area contributed by atoms with Gasteiger partial charge in [-0.25, -0.2) is 4.39 Å². The van der Waals surface area contributed by atoms with Crippen LogP contribution in [0.25, 0.3) is 21.9 Å². The highest BCUT2D eigenvalue weighted by atomic mass is 19.4. The Labute approximate surface area is 139 Å². The molecule has 0 fully saturated rings. The lowest BCUT2D eigenvalue weighted by Crippen LogP contribution is -2.19. The third kappa shape index (κ3) is 3.65. The van der Waals surface area contributed by atoms with Crippen LogP contribution in [0.1, 0.15) is 5.56 Å². The summed E-state index contributed by atoms with van der Waals surface area (Å²) < 4.78 is 55.1. The fourth-order valence-electron chi connectivity index (χ4n) is 2.60. The van der Waals surface area contributed by atoms with Gasteiger partial charge in [0.2, 0.25) is 0 Å². The molecule has 25 heavy (non-hydrogen) atoms. The van der Waals surface area contributed by atoms with Crippen LogP contribution >= 0.6 is 0 Å². The number of alkyl halides is 3. The highest BCUT2D eigenvalue weighted by Gasteiger charge is 2.28. The molecule has 3 aromatic rings. The van der Waals surface area contributed by atoms with Crippen LogP contribution in [0.4, 0.5) is 17.6 Å². The maximum atomic E-state index is 13.6. The summed E-state index contributed by atoms with van der Waals surface area (Å²) in [4.78, 5) is 14.6. The van der Waals surface area contributed by atoms with Crippen LogP contribution in [0, 0.1) is 12.7 Å². The molecule has 1 heterocycles. The molecule has 0 atom stereocenters. The summed E-state index contributed by atoms with van der Waals surface area (Å²) in [6.07, 6.45) is -3.01. The van der Waals surface area contributed by atoms with E-state index in [9.17, 15) is 22.4 Å². The zero-order valence-electron chi connectivity index (χ0n) is 13.1. The number of halogens is 4. The summed E-state index contributed by atoms with van der Waals surface area (Å²) in [7, 11) is 0. The van der Waals surface area contributed by atoms with Gasteiger partial charge in [0.05, 0.1) is 5.39 Å². The van der Waals surface area contributed by atoms with Gasteiger partial charge in [-0.1, -0.05) is 6.07 Å². The number of hydrogen-bond donors (Lipinski definition) is 1. The standard InChI is InChI=1S/C18H13F4NO2/c1-10-2-3-11(19)6-14(10)16-8-23-17(24)15-7-12(4-5-13(15)16)25-9-18(20,21)22/h2-8H,9H2,1H3,(H,23,24). The van der Waals surface area contributed by atoms with Gasteiger partial charge in [-0.2, -0.15) is 13.2 Å². The van der Waals surface area contributed by atoms with Crippen LogP contribution in [-0.2, 0) is 0 Å². The van der Waals surface area contributed by atoms with Crippen molar-refractivity contribution in [1.29, 1.82) is 0 Å². The molecule has 0 radical (unpaired) electrons. The minimum absolute atomic E-state index is 0.0663. The molecule has 0 unspecified atom stereocenters. The van der Waals surface area contributed by atoms with Crippen molar-refractivity contribution in [3.05, 3.63) is 64.3 Å². The fraction of sp³-hybridized carbons (Fsp3) is 0.167. The molecule has 0 saturated heterocycles. The average Bonchev–Trinajstić information content (AvgIpc) is 2.55. The van der Waals surface area contributed by atoms with Crippen molar-refractivity contribution < 1.29 is 22.3 Å². The van der Waals surface area contributed by atoms with Crippen LogP contribution in [0.3, 0.4) is 0 Å². The van der Waals surface area contributed by atoms with Gasteiger partial charge in [0, 0.05) is 11.8 Å². The number of hydrogen-bond acceptors (Lipinski definition) is 2. The molecule has 0 amide bonds. The predicted molar refractivity (Wildman–Crippen MR) is 86.2 cm³/mol. The second-order valence-electron chi connectivity index (χ2n) is 5.60. The van der Waals surface area contributed by atoms with Crippen LogP contribution in [0.15, 0.2) is 47.4 Å². The quantitative estimate of drug-likeness (QED) is 0.702. The van der Waals surface area contributed by atoms with Crippen molar-refractivity contribution in [1.82, 2.24) is 4.98 Å². The Morgan fingerprint density at radius 3 is 2.52 bits per heavy atom. The molecular formula is C18H13F4NO2. The monoisotopic (exact) mass is 351 g/mol. The van der Waals surface area contributed by atoms with Crippen LogP contribution in [0.5, 0.6) is 5.75 Å². The molecule has 0 aliphatic carbocycles. The summed E-state index contributed by atoms with van der Waals surface area (Å²) in [5, 5.41) is 0.664. The van der Waals surface area contributed by atoms with Gasteiger partial charge < -0.3 is 9.72 Å². The minimum Gasteiger partial charge on any atom is -0.484 e. The lowest BCUT2D eigenvalue weighted by atomic mass is 9.97. The normalized spacial score (nSPS) is 11.7. The van der Waals surface area contributed by atoms with E-state index in [4.69, 9.17) is 0 Å². The Hall–Kier alpha value is -2.83. The van der Waals surface area contributed by atoms with E-state index < -0.39 is 24.2 Å². The molecule has 0 aliphatic heterocycles. The van der Waals surface area contributed by atoms with Gasteiger partial charge in [-0.15, -0.1) is 0 Å².